The number of hydrogen-bond donors (Lipinski definition) is 0. The van der Waals surface area contributed by atoms with Crippen molar-refractivity contribution in [3.05, 3.63) is 42.5 Å². The first-order chi connectivity index (χ1) is 13.6. The molecule has 4 nitrogen and oxygen atoms in total. The SMILES string of the molecule is CC(COc1ccc(-c2ccnc3c2cnn3C)cc1F)C[C@H](C)CC(C)(C)C. The molecule has 0 radical (unpaired) electrons. The highest BCUT2D eigenvalue weighted by Gasteiger charge is 2.18. The summed E-state index contributed by atoms with van der Waals surface area (Å²) in [6.45, 7) is 11.8. The van der Waals surface area contributed by atoms with E-state index in [1.54, 1.807) is 23.1 Å². The molecule has 0 aliphatic heterocycles. The van der Waals surface area contributed by atoms with Crippen molar-refractivity contribution >= 4 is 11.0 Å². The third-order valence-corrected chi connectivity index (χ3v) is 5.17. The summed E-state index contributed by atoms with van der Waals surface area (Å²) in [6, 6.07) is 7.04. The molecule has 5 heteroatoms. The molecule has 0 aliphatic rings. The Hall–Kier alpha value is -2.43. The third-order valence-electron chi connectivity index (χ3n) is 5.17. The Balaban J connectivity index is 1.67. The molecule has 29 heavy (non-hydrogen) atoms. The van der Waals surface area contributed by atoms with E-state index in [9.17, 15) is 4.39 Å². The molecule has 0 amide bonds. The van der Waals surface area contributed by atoms with Crippen molar-refractivity contribution in [3.8, 4) is 16.9 Å². The van der Waals surface area contributed by atoms with Crippen LogP contribution in [0.5, 0.6) is 5.75 Å². The van der Waals surface area contributed by atoms with Gasteiger partial charge < -0.3 is 4.74 Å². The molecule has 2 aromatic heterocycles. The van der Waals surface area contributed by atoms with Crippen LogP contribution in [0.15, 0.2) is 36.7 Å². The average molecular weight is 398 g/mol. The predicted molar refractivity (Wildman–Crippen MR) is 116 cm³/mol. The number of aromatic nitrogens is 3. The largest absolute Gasteiger partial charge is 0.490 e. The molecule has 3 aromatic rings. The first kappa shape index (κ1) is 21.3. The lowest BCUT2D eigenvalue weighted by Gasteiger charge is -2.25. The number of halogens is 1. The van der Waals surface area contributed by atoms with Crippen LogP contribution in [0.2, 0.25) is 0 Å². The Labute approximate surface area is 173 Å². The number of nitrogens with zero attached hydrogens (tertiary/aromatic N) is 3. The molecule has 0 aliphatic carbocycles. The van der Waals surface area contributed by atoms with Crippen LogP contribution in [-0.4, -0.2) is 21.4 Å². The molecule has 0 saturated carbocycles. The molecule has 2 atom stereocenters. The second-order valence-corrected chi connectivity index (χ2v) is 9.53. The van der Waals surface area contributed by atoms with E-state index >= 15 is 0 Å². The van der Waals surface area contributed by atoms with Gasteiger partial charge in [-0.25, -0.2) is 9.37 Å². The number of hydrogen-bond acceptors (Lipinski definition) is 3. The smallest absolute Gasteiger partial charge is 0.165 e. The zero-order valence-corrected chi connectivity index (χ0v) is 18.4. The molecule has 156 valence electrons. The Kier molecular flexibility index (Phi) is 6.25. The highest BCUT2D eigenvalue weighted by Crippen LogP contribution is 2.31. The van der Waals surface area contributed by atoms with Gasteiger partial charge in [0.05, 0.1) is 12.8 Å². The van der Waals surface area contributed by atoms with Gasteiger partial charge in [-0.15, -0.1) is 0 Å². The van der Waals surface area contributed by atoms with Crippen LogP contribution in [0.4, 0.5) is 4.39 Å². The van der Waals surface area contributed by atoms with Gasteiger partial charge in [-0.1, -0.05) is 40.7 Å². The van der Waals surface area contributed by atoms with Gasteiger partial charge in [-0.3, -0.25) is 4.68 Å². The molecule has 0 bridgehead atoms. The van der Waals surface area contributed by atoms with Crippen molar-refractivity contribution in [1.29, 1.82) is 0 Å². The average Bonchev–Trinajstić information content (AvgIpc) is 3.00. The maximum atomic E-state index is 14.7. The minimum Gasteiger partial charge on any atom is -0.490 e. The number of benzene rings is 1. The molecular weight excluding hydrogens is 365 g/mol. The van der Waals surface area contributed by atoms with Crippen LogP contribution in [0.25, 0.3) is 22.2 Å². The minimum atomic E-state index is -0.341. The van der Waals surface area contributed by atoms with E-state index in [1.165, 1.54) is 12.5 Å². The summed E-state index contributed by atoms with van der Waals surface area (Å²) in [7, 11) is 1.85. The van der Waals surface area contributed by atoms with Crippen molar-refractivity contribution in [2.24, 2.45) is 24.3 Å². The van der Waals surface area contributed by atoms with Crippen LogP contribution in [-0.2, 0) is 7.05 Å². The van der Waals surface area contributed by atoms with E-state index in [-0.39, 0.29) is 5.82 Å². The standard InChI is InChI=1S/C24H32FN3O/c1-16(13-24(3,4)5)11-17(2)15-29-22-8-7-18(12-21(22)25)19-9-10-26-23-20(19)14-27-28(23)6/h7-10,12,14,16-17H,11,13,15H2,1-6H3/t16-,17?/m0/s1. The molecule has 2 heterocycles. The zero-order chi connectivity index (χ0) is 21.2. The fraction of sp³-hybridized carbons (Fsp3) is 0.500. The Bertz CT molecular complexity index is 974. The van der Waals surface area contributed by atoms with E-state index in [0.29, 0.717) is 29.6 Å². The lowest BCUT2D eigenvalue weighted by atomic mass is 9.82. The summed E-state index contributed by atoms with van der Waals surface area (Å²) in [4.78, 5) is 4.34. The first-order valence-corrected chi connectivity index (χ1v) is 10.3. The molecule has 0 spiro atoms. The fourth-order valence-electron chi connectivity index (χ4n) is 4.20. The second kappa shape index (κ2) is 8.52. The molecule has 1 unspecified atom stereocenters. The highest BCUT2D eigenvalue weighted by atomic mass is 19.1. The van der Waals surface area contributed by atoms with Crippen LogP contribution in [0.1, 0.15) is 47.5 Å². The quantitative estimate of drug-likeness (QED) is 0.473. The lowest BCUT2D eigenvalue weighted by Crippen LogP contribution is -2.17. The van der Waals surface area contributed by atoms with E-state index < -0.39 is 0 Å². The van der Waals surface area contributed by atoms with Crippen molar-refractivity contribution in [2.45, 2.75) is 47.5 Å². The van der Waals surface area contributed by atoms with Crippen molar-refractivity contribution < 1.29 is 9.13 Å². The van der Waals surface area contributed by atoms with Gasteiger partial charge in [0.2, 0.25) is 0 Å². The predicted octanol–water partition coefficient (Wildman–Crippen LogP) is 6.25. The van der Waals surface area contributed by atoms with E-state index in [1.807, 2.05) is 19.2 Å². The monoisotopic (exact) mass is 397 g/mol. The maximum absolute atomic E-state index is 14.7. The summed E-state index contributed by atoms with van der Waals surface area (Å²) in [5.41, 5.74) is 2.82. The van der Waals surface area contributed by atoms with Gasteiger partial charge in [0, 0.05) is 18.6 Å². The van der Waals surface area contributed by atoms with Gasteiger partial charge in [0.25, 0.3) is 0 Å². The molecule has 0 fully saturated rings. The van der Waals surface area contributed by atoms with Gasteiger partial charge in [0.1, 0.15) is 0 Å². The minimum absolute atomic E-state index is 0.306. The summed E-state index contributed by atoms with van der Waals surface area (Å²) >= 11 is 0. The molecule has 3 rings (SSSR count). The van der Waals surface area contributed by atoms with Crippen molar-refractivity contribution in [2.75, 3.05) is 6.61 Å². The molecule has 0 N–H and O–H groups in total. The molecule has 1 aromatic carbocycles. The van der Waals surface area contributed by atoms with Gasteiger partial charge in [-0.2, -0.15) is 5.10 Å². The summed E-state index contributed by atoms with van der Waals surface area (Å²) in [6.07, 6.45) is 5.74. The van der Waals surface area contributed by atoms with E-state index in [4.69, 9.17) is 4.74 Å². The summed E-state index contributed by atoms with van der Waals surface area (Å²) < 4.78 is 22.2. The van der Waals surface area contributed by atoms with Crippen LogP contribution in [0, 0.1) is 23.1 Å². The lowest BCUT2D eigenvalue weighted by molar-refractivity contribution is 0.207. The summed E-state index contributed by atoms with van der Waals surface area (Å²) in [5, 5.41) is 5.16. The number of fused-ring (bicyclic) bond motifs is 1. The number of rotatable bonds is 7. The Morgan fingerprint density at radius 1 is 1.14 bits per heavy atom. The van der Waals surface area contributed by atoms with Crippen LogP contribution >= 0.6 is 0 Å². The summed E-state index contributed by atoms with van der Waals surface area (Å²) in [5.74, 6) is 0.961. The Morgan fingerprint density at radius 2 is 1.90 bits per heavy atom. The zero-order valence-electron chi connectivity index (χ0n) is 18.4. The third kappa shape index (κ3) is 5.34. The number of ether oxygens (including phenoxy) is 1. The van der Waals surface area contributed by atoms with Crippen molar-refractivity contribution in [3.63, 3.8) is 0 Å². The first-order valence-electron chi connectivity index (χ1n) is 10.3. The van der Waals surface area contributed by atoms with Gasteiger partial charge in [-0.05, 0) is 59.4 Å². The second-order valence-electron chi connectivity index (χ2n) is 9.53. The number of aryl methyl sites for hydroxylation is 1. The van der Waals surface area contributed by atoms with Gasteiger partial charge >= 0.3 is 0 Å². The molecular formula is C24H32FN3O. The Morgan fingerprint density at radius 3 is 2.59 bits per heavy atom. The van der Waals surface area contributed by atoms with E-state index in [2.05, 4.69) is 44.7 Å². The topological polar surface area (TPSA) is 39.9 Å². The maximum Gasteiger partial charge on any atom is 0.165 e. The van der Waals surface area contributed by atoms with Crippen molar-refractivity contribution in [1.82, 2.24) is 14.8 Å². The highest BCUT2D eigenvalue weighted by molar-refractivity contribution is 5.92. The van der Waals surface area contributed by atoms with Gasteiger partial charge in [0.15, 0.2) is 17.2 Å². The van der Waals surface area contributed by atoms with Crippen LogP contribution in [0.3, 0.4) is 0 Å². The van der Waals surface area contributed by atoms with E-state index in [0.717, 1.165) is 28.6 Å². The number of pyridine rings is 1. The molecule has 0 saturated heterocycles. The fourth-order valence-corrected chi connectivity index (χ4v) is 4.20. The normalized spacial score (nSPS) is 14.2. The van der Waals surface area contributed by atoms with Crippen LogP contribution < -0.4 is 4.74 Å².